The van der Waals surface area contributed by atoms with Gasteiger partial charge in [0.05, 0.1) is 12.3 Å². The van der Waals surface area contributed by atoms with Gasteiger partial charge >= 0.3 is 0 Å². The maximum atomic E-state index is 11.2. The lowest BCUT2D eigenvalue weighted by Crippen LogP contribution is -2.39. The van der Waals surface area contributed by atoms with Gasteiger partial charge in [0.25, 0.3) is 0 Å². The largest absolute Gasteiger partial charge is 0.326 e. The molecule has 1 aromatic heterocycles. The summed E-state index contributed by atoms with van der Waals surface area (Å²) in [5.74, 6) is 0.459. The van der Waals surface area contributed by atoms with E-state index in [0.29, 0.717) is 12.2 Å². The highest BCUT2D eigenvalue weighted by molar-refractivity contribution is 7.91. The zero-order valence-electron chi connectivity index (χ0n) is 8.95. The van der Waals surface area contributed by atoms with Gasteiger partial charge in [-0.3, -0.25) is 0 Å². The van der Waals surface area contributed by atoms with Gasteiger partial charge in [0.1, 0.15) is 0 Å². The van der Waals surface area contributed by atoms with Crippen molar-refractivity contribution in [2.24, 2.45) is 12.8 Å². The molecule has 0 aliphatic rings. The Balaban J connectivity index is 2.68. The molecule has 2 N–H and O–H groups in total. The first-order chi connectivity index (χ1) is 6.80. The molecule has 0 amide bonds. The molecule has 0 radical (unpaired) electrons. The molecule has 86 valence electrons. The van der Waals surface area contributed by atoms with Crippen LogP contribution in [0.3, 0.4) is 0 Å². The van der Waals surface area contributed by atoms with Crippen LogP contribution >= 0.6 is 0 Å². The Kier molecular flexibility index (Phi) is 3.40. The van der Waals surface area contributed by atoms with E-state index in [1.165, 1.54) is 11.1 Å². The van der Waals surface area contributed by atoms with Gasteiger partial charge in [-0.15, -0.1) is 10.2 Å². The molecule has 2 atom stereocenters. The van der Waals surface area contributed by atoms with Gasteiger partial charge in [-0.25, -0.2) is 8.42 Å². The molecule has 0 aliphatic heterocycles. The number of hydrogen-bond acceptors (Lipinski definition) is 6. The monoisotopic (exact) mass is 233 g/mol. The van der Waals surface area contributed by atoms with E-state index in [-0.39, 0.29) is 0 Å². The molecule has 8 heteroatoms. The van der Waals surface area contributed by atoms with Gasteiger partial charge in [-0.1, -0.05) is 0 Å². The summed E-state index contributed by atoms with van der Waals surface area (Å²) in [5, 5.41) is 10.7. The lowest BCUT2D eigenvalue weighted by Gasteiger charge is -2.16. The third kappa shape index (κ3) is 3.24. The maximum absolute atomic E-state index is 11.2. The summed E-state index contributed by atoms with van der Waals surface area (Å²) < 4.78 is 22.5. The van der Waals surface area contributed by atoms with Gasteiger partial charge in [0, 0.05) is 18.7 Å². The van der Waals surface area contributed by atoms with E-state index in [9.17, 15) is 8.42 Å². The van der Waals surface area contributed by atoms with Crippen LogP contribution in [0.5, 0.6) is 0 Å². The summed E-state index contributed by atoms with van der Waals surface area (Å²) in [6, 6.07) is -0.510. The summed E-state index contributed by atoms with van der Waals surface area (Å²) in [6.07, 6.45) is 1.48. The Labute approximate surface area is 88.6 Å². The average Bonchev–Trinajstić information content (AvgIpc) is 2.48. The third-order valence-electron chi connectivity index (χ3n) is 2.25. The van der Waals surface area contributed by atoms with Crippen molar-refractivity contribution in [3.8, 4) is 0 Å². The number of nitrogens with two attached hydrogens (primary N) is 1. The summed E-state index contributed by atoms with van der Waals surface area (Å²) >= 11 is 0. The molecule has 0 fully saturated rings. The standard InChI is InChI=1S/C7H15N5O2S/c1-5(15(3,13)14)6(8)4-7-9-11-12(2)10-7/h5-6H,4,8H2,1-3H3. The molecule has 0 bridgehead atoms. The summed E-state index contributed by atoms with van der Waals surface area (Å²) in [4.78, 5) is 1.31. The van der Waals surface area contributed by atoms with Crippen LogP contribution in [-0.2, 0) is 23.3 Å². The normalized spacial score (nSPS) is 16.3. The number of aromatic nitrogens is 4. The van der Waals surface area contributed by atoms with E-state index >= 15 is 0 Å². The van der Waals surface area contributed by atoms with E-state index < -0.39 is 21.1 Å². The number of sulfone groups is 1. The molecule has 0 aromatic carbocycles. The Morgan fingerprint density at radius 2 is 2.13 bits per heavy atom. The number of tetrazole rings is 1. The molecule has 7 nitrogen and oxygen atoms in total. The minimum absolute atomic E-state index is 0.308. The van der Waals surface area contributed by atoms with Crippen LogP contribution in [0.4, 0.5) is 0 Å². The zero-order valence-corrected chi connectivity index (χ0v) is 9.77. The summed E-state index contributed by atoms with van der Waals surface area (Å²) in [5.41, 5.74) is 5.75. The van der Waals surface area contributed by atoms with E-state index in [1.54, 1.807) is 14.0 Å². The van der Waals surface area contributed by atoms with Crippen LogP contribution in [0.15, 0.2) is 0 Å². The highest BCUT2D eigenvalue weighted by Crippen LogP contribution is 2.05. The lowest BCUT2D eigenvalue weighted by atomic mass is 10.1. The number of rotatable bonds is 4. The van der Waals surface area contributed by atoms with Gasteiger partial charge < -0.3 is 5.73 Å². The van der Waals surface area contributed by atoms with E-state index in [1.807, 2.05) is 0 Å². The molecular weight excluding hydrogens is 218 g/mol. The fourth-order valence-electron chi connectivity index (χ4n) is 1.10. The van der Waals surface area contributed by atoms with Crippen LogP contribution < -0.4 is 5.73 Å². The first kappa shape index (κ1) is 12.1. The second-order valence-electron chi connectivity index (χ2n) is 3.60. The van der Waals surface area contributed by atoms with Crippen molar-refractivity contribution in [3.05, 3.63) is 5.82 Å². The Bertz CT molecular complexity index is 426. The Hall–Kier alpha value is -1.02. The van der Waals surface area contributed by atoms with Gasteiger partial charge in [-0.2, -0.15) is 4.80 Å². The van der Waals surface area contributed by atoms with Crippen molar-refractivity contribution in [1.82, 2.24) is 20.2 Å². The Morgan fingerprint density at radius 3 is 2.53 bits per heavy atom. The second-order valence-corrected chi connectivity index (χ2v) is 6.00. The van der Waals surface area contributed by atoms with Crippen molar-refractivity contribution < 1.29 is 8.42 Å². The molecule has 1 rings (SSSR count). The molecule has 1 heterocycles. The maximum Gasteiger partial charge on any atom is 0.176 e. The zero-order chi connectivity index (χ0) is 11.6. The van der Waals surface area contributed by atoms with Crippen molar-refractivity contribution >= 4 is 9.84 Å². The minimum atomic E-state index is -3.12. The molecule has 0 spiro atoms. The first-order valence-corrected chi connectivity index (χ1v) is 6.43. The lowest BCUT2D eigenvalue weighted by molar-refractivity contribution is 0.556. The quantitative estimate of drug-likeness (QED) is 0.679. The minimum Gasteiger partial charge on any atom is -0.326 e. The first-order valence-electron chi connectivity index (χ1n) is 4.48. The number of nitrogens with zero attached hydrogens (tertiary/aromatic N) is 4. The van der Waals surface area contributed by atoms with E-state index in [4.69, 9.17) is 5.73 Å². The average molecular weight is 233 g/mol. The third-order valence-corrected chi connectivity index (χ3v) is 3.95. The van der Waals surface area contributed by atoms with E-state index in [2.05, 4.69) is 15.4 Å². The highest BCUT2D eigenvalue weighted by atomic mass is 32.2. The smallest absolute Gasteiger partial charge is 0.176 e. The summed E-state index contributed by atoms with van der Waals surface area (Å²) in [7, 11) is -1.48. The van der Waals surface area contributed by atoms with E-state index in [0.717, 1.165) is 0 Å². The predicted molar refractivity (Wildman–Crippen MR) is 54.8 cm³/mol. The summed E-state index contributed by atoms with van der Waals surface area (Å²) in [6.45, 7) is 1.58. The van der Waals surface area contributed by atoms with Crippen LogP contribution in [0.25, 0.3) is 0 Å². The molecule has 0 saturated heterocycles. The molecule has 0 saturated carbocycles. The Morgan fingerprint density at radius 1 is 1.53 bits per heavy atom. The predicted octanol–water partition coefficient (Wildman–Crippen LogP) is -1.49. The fraction of sp³-hybridized carbons (Fsp3) is 0.857. The molecular formula is C7H15N5O2S. The molecule has 15 heavy (non-hydrogen) atoms. The van der Waals surface area contributed by atoms with Gasteiger partial charge in [-0.05, 0) is 12.1 Å². The van der Waals surface area contributed by atoms with Gasteiger partial charge in [0.2, 0.25) is 0 Å². The SMILES string of the molecule is CC(C(N)Cc1nnn(C)n1)S(C)(=O)=O. The van der Waals surface area contributed by atoms with Crippen LogP contribution in [0.1, 0.15) is 12.7 Å². The van der Waals surface area contributed by atoms with Crippen molar-refractivity contribution in [3.63, 3.8) is 0 Å². The molecule has 0 aliphatic carbocycles. The van der Waals surface area contributed by atoms with Gasteiger partial charge in [0.15, 0.2) is 15.7 Å². The van der Waals surface area contributed by atoms with Crippen molar-refractivity contribution in [2.45, 2.75) is 24.6 Å². The van der Waals surface area contributed by atoms with Crippen molar-refractivity contribution in [1.29, 1.82) is 0 Å². The topological polar surface area (TPSA) is 104 Å². The van der Waals surface area contributed by atoms with Crippen LogP contribution in [-0.4, -0.2) is 46.2 Å². The van der Waals surface area contributed by atoms with Crippen LogP contribution in [0.2, 0.25) is 0 Å². The van der Waals surface area contributed by atoms with Crippen LogP contribution in [0, 0.1) is 0 Å². The highest BCUT2D eigenvalue weighted by Gasteiger charge is 2.24. The molecule has 2 unspecified atom stereocenters. The second kappa shape index (κ2) is 4.23. The number of hydrogen-bond donors (Lipinski definition) is 1. The number of aryl methyl sites for hydroxylation is 1. The molecule has 1 aromatic rings. The van der Waals surface area contributed by atoms with Crippen molar-refractivity contribution in [2.75, 3.05) is 6.26 Å². The fourth-order valence-corrected chi connectivity index (χ4v) is 1.83.